The summed E-state index contributed by atoms with van der Waals surface area (Å²) in [4.78, 5) is 29.3. The fraction of sp³-hybridized carbons (Fsp3) is 0.517. The van der Waals surface area contributed by atoms with Gasteiger partial charge in [-0.2, -0.15) is 0 Å². The summed E-state index contributed by atoms with van der Waals surface area (Å²) in [5.74, 6) is -2.30. The zero-order valence-corrected chi connectivity index (χ0v) is 23.8. The van der Waals surface area contributed by atoms with Crippen LogP contribution >= 0.6 is 0 Å². The lowest BCUT2D eigenvalue weighted by Gasteiger charge is -2.48. The van der Waals surface area contributed by atoms with Gasteiger partial charge in [-0.15, -0.1) is 0 Å². The normalized spacial score (nSPS) is 17.6. The Hall–Kier alpha value is -3.54. The molecule has 12 heteroatoms. The second-order valence-corrected chi connectivity index (χ2v) is 11.7. The molecule has 8 nitrogen and oxygen atoms in total. The van der Waals surface area contributed by atoms with Crippen LogP contribution in [-0.2, 0) is 9.47 Å². The Morgan fingerprint density at radius 2 is 1.71 bits per heavy atom. The average molecular weight is 581 g/mol. The lowest BCUT2D eigenvalue weighted by molar-refractivity contribution is -0.00127. The van der Waals surface area contributed by atoms with E-state index in [-0.39, 0.29) is 35.6 Å². The Labute approximate surface area is 237 Å². The van der Waals surface area contributed by atoms with Gasteiger partial charge in [-0.3, -0.25) is 4.79 Å². The molecule has 2 heterocycles. The number of amides is 2. The molecule has 2 fully saturated rings. The summed E-state index contributed by atoms with van der Waals surface area (Å²) in [6.45, 7) is 10.8. The number of hydrogen-bond donors (Lipinski definition) is 2. The van der Waals surface area contributed by atoms with E-state index in [1.807, 2.05) is 6.92 Å². The number of nitrogens with zero attached hydrogens (tertiary/aromatic N) is 2. The van der Waals surface area contributed by atoms with Gasteiger partial charge in [-0.25, -0.2) is 22.4 Å². The molecular weight excluding hydrogens is 544 g/mol. The number of morpholine rings is 1. The number of nitrogens with one attached hydrogen (secondary N) is 2. The molecule has 4 rings (SSSR count). The van der Waals surface area contributed by atoms with E-state index in [0.717, 1.165) is 6.07 Å². The van der Waals surface area contributed by atoms with E-state index in [0.29, 0.717) is 26.3 Å². The number of ether oxygens (including phenoxy) is 2. The van der Waals surface area contributed by atoms with Crippen LogP contribution in [0.2, 0.25) is 0 Å². The molecule has 2 aromatic rings. The summed E-state index contributed by atoms with van der Waals surface area (Å²) in [6, 6.07) is 5.31. The van der Waals surface area contributed by atoms with Crippen molar-refractivity contribution < 1.29 is 36.6 Å². The Morgan fingerprint density at radius 3 is 2.32 bits per heavy atom. The van der Waals surface area contributed by atoms with Gasteiger partial charge in [0, 0.05) is 31.7 Å². The summed E-state index contributed by atoms with van der Waals surface area (Å²) in [5.41, 5.74) is -1.74. The van der Waals surface area contributed by atoms with Crippen LogP contribution in [0.1, 0.15) is 68.6 Å². The molecule has 0 spiro atoms. The van der Waals surface area contributed by atoms with E-state index >= 15 is 4.39 Å². The van der Waals surface area contributed by atoms with Crippen LogP contribution in [0.15, 0.2) is 30.3 Å². The van der Waals surface area contributed by atoms with Crippen molar-refractivity contribution in [3.8, 4) is 0 Å². The predicted molar refractivity (Wildman–Crippen MR) is 147 cm³/mol. The van der Waals surface area contributed by atoms with Crippen LogP contribution in [0.25, 0.3) is 0 Å². The van der Waals surface area contributed by atoms with Crippen molar-refractivity contribution in [3.63, 3.8) is 0 Å². The van der Waals surface area contributed by atoms with Gasteiger partial charge in [0.1, 0.15) is 17.2 Å². The highest BCUT2D eigenvalue weighted by atomic mass is 19.3. The number of carbonyl (C=O) groups is 2. The molecule has 0 radical (unpaired) electrons. The van der Waals surface area contributed by atoms with E-state index in [9.17, 15) is 22.8 Å². The Morgan fingerprint density at radius 1 is 1.07 bits per heavy atom. The number of likely N-dealkylation sites (tertiary alicyclic amines) is 1. The maximum Gasteiger partial charge on any atom is 0.410 e. The quantitative estimate of drug-likeness (QED) is 0.412. The minimum atomic E-state index is -3.01. The van der Waals surface area contributed by atoms with E-state index in [4.69, 9.17) is 9.47 Å². The van der Waals surface area contributed by atoms with Gasteiger partial charge < -0.3 is 29.9 Å². The largest absolute Gasteiger partial charge is 0.444 e. The van der Waals surface area contributed by atoms with Crippen LogP contribution in [0.4, 0.5) is 33.7 Å². The molecule has 0 aromatic heterocycles. The van der Waals surface area contributed by atoms with Crippen LogP contribution in [0.3, 0.4) is 0 Å². The zero-order chi connectivity index (χ0) is 30.1. The first-order valence-electron chi connectivity index (χ1n) is 13.5. The third kappa shape index (κ3) is 7.03. The molecule has 1 atom stereocenters. The van der Waals surface area contributed by atoms with Crippen molar-refractivity contribution in [1.29, 1.82) is 0 Å². The van der Waals surface area contributed by atoms with Gasteiger partial charge in [0.05, 0.1) is 47.3 Å². The molecule has 0 saturated carbocycles. The molecular formula is C29H36F4N4O4. The topological polar surface area (TPSA) is 83.1 Å². The summed E-state index contributed by atoms with van der Waals surface area (Å²) in [7, 11) is 0. The highest BCUT2D eigenvalue weighted by molar-refractivity contribution is 6.01. The highest BCUT2D eigenvalue weighted by Crippen LogP contribution is 2.34. The summed E-state index contributed by atoms with van der Waals surface area (Å²) in [6.07, 6.45) is -3.49. The highest BCUT2D eigenvalue weighted by Gasteiger charge is 2.43. The lowest BCUT2D eigenvalue weighted by Crippen LogP contribution is -2.66. The van der Waals surface area contributed by atoms with Crippen molar-refractivity contribution in [2.45, 2.75) is 58.2 Å². The number of anilines is 2. The van der Waals surface area contributed by atoms with Gasteiger partial charge in [0.25, 0.3) is 12.3 Å². The maximum absolute atomic E-state index is 15.4. The van der Waals surface area contributed by atoms with E-state index in [1.54, 1.807) is 25.7 Å². The SMILES string of the molecule is C[C@@H](NC(=O)c1cc(N2CCOCC2)c(F)cc1NC1(C)CN(C(=O)OC(C)(C)C)C1)c1cccc(C(F)F)c1F. The fourth-order valence-electron chi connectivity index (χ4n) is 4.98. The summed E-state index contributed by atoms with van der Waals surface area (Å²) < 4.78 is 67.5. The predicted octanol–water partition coefficient (Wildman–Crippen LogP) is 5.65. The van der Waals surface area contributed by atoms with Crippen molar-refractivity contribution in [1.82, 2.24) is 10.2 Å². The summed E-state index contributed by atoms with van der Waals surface area (Å²) in [5, 5.41) is 5.87. The average Bonchev–Trinajstić information content (AvgIpc) is 2.86. The second-order valence-electron chi connectivity index (χ2n) is 11.7. The smallest absolute Gasteiger partial charge is 0.410 e. The third-order valence-corrected chi connectivity index (χ3v) is 6.96. The minimum Gasteiger partial charge on any atom is -0.444 e. The molecule has 224 valence electrons. The van der Waals surface area contributed by atoms with Crippen LogP contribution < -0.4 is 15.5 Å². The molecule has 2 saturated heterocycles. The van der Waals surface area contributed by atoms with Crippen molar-refractivity contribution in [3.05, 3.63) is 58.7 Å². The van der Waals surface area contributed by atoms with E-state index < -0.39 is 52.8 Å². The molecule has 2 N–H and O–H groups in total. The van der Waals surface area contributed by atoms with Crippen molar-refractivity contribution in [2.24, 2.45) is 0 Å². The molecule has 2 aliphatic heterocycles. The number of rotatable bonds is 7. The Kier molecular flexibility index (Phi) is 8.72. The molecule has 41 heavy (non-hydrogen) atoms. The molecule has 0 aliphatic carbocycles. The molecule has 2 amide bonds. The molecule has 0 bridgehead atoms. The van der Waals surface area contributed by atoms with Gasteiger partial charge in [0.15, 0.2) is 0 Å². The zero-order valence-electron chi connectivity index (χ0n) is 23.8. The Bertz CT molecular complexity index is 1290. The van der Waals surface area contributed by atoms with Gasteiger partial charge >= 0.3 is 6.09 Å². The van der Waals surface area contributed by atoms with Crippen molar-refractivity contribution >= 4 is 23.4 Å². The number of halogens is 4. The van der Waals surface area contributed by atoms with Crippen LogP contribution in [-0.4, -0.2) is 67.4 Å². The molecule has 0 unspecified atom stereocenters. The number of hydrogen-bond acceptors (Lipinski definition) is 6. The van der Waals surface area contributed by atoms with E-state index in [1.165, 1.54) is 36.1 Å². The van der Waals surface area contributed by atoms with E-state index in [2.05, 4.69) is 10.6 Å². The lowest BCUT2D eigenvalue weighted by atomic mass is 9.91. The van der Waals surface area contributed by atoms with Gasteiger partial charge in [0.2, 0.25) is 0 Å². The first-order chi connectivity index (χ1) is 19.2. The standard InChI is InChI=1S/C29H36F4N4O4/c1-17(18-7-6-8-19(24(18)31)25(32)33)34-26(38)20-13-23(36-9-11-40-12-10-36)21(30)14-22(20)35-29(5)15-37(16-29)27(39)41-28(2,3)4/h6-8,13-14,17,25,35H,9-12,15-16H2,1-5H3,(H,34,38)/t17-/m1/s1. The van der Waals surface area contributed by atoms with Crippen molar-refractivity contribution in [2.75, 3.05) is 49.6 Å². The monoisotopic (exact) mass is 580 g/mol. The number of benzene rings is 2. The first kappa shape index (κ1) is 30.4. The number of carbonyl (C=O) groups excluding carboxylic acids is 2. The first-order valence-corrected chi connectivity index (χ1v) is 13.5. The second kappa shape index (κ2) is 11.8. The third-order valence-electron chi connectivity index (χ3n) is 6.96. The molecule has 2 aliphatic rings. The molecule has 2 aromatic carbocycles. The summed E-state index contributed by atoms with van der Waals surface area (Å²) >= 11 is 0. The van der Waals surface area contributed by atoms with Crippen LogP contribution in [0, 0.1) is 11.6 Å². The number of alkyl halides is 2. The maximum atomic E-state index is 15.4. The Balaban J connectivity index is 1.60. The fourth-order valence-corrected chi connectivity index (χ4v) is 4.98. The van der Waals surface area contributed by atoms with Crippen LogP contribution in [0.5, 0.6) is 0 Å². The minimum absolute atomic E-state index is 0.0853. The van der Waals surface area contributed by atoms with Gasteiger partial charge in [-0.1, -0.05) is 18.2 Å². The van der Waals surface area contributed by atoms with Gasteiger partial charge in [-0.05, 0) is 46.8 Å².